The van der Waals surface area contributed by atoms with Crippen LogP contribution in [-0.4, -0.2) is 29.8 Å². The van der Waals surface area contributed by atoms with Crippen molar-refractivity contribution in [2.45, 2.75) is 47.5 Å². The summed E-state index contributed by atoms with van der Waals surface area (Å²) in [6.07, 6.45) is 1.72. The number of benzene rings is 1. The number of carbonyl (C=O) groups excluding carboxylic acids is 2. The molecule has 23 heavy (non-hydrogen) atoms. The largest absolute Gasteiger partial charge is 0.341 e. The molecule has 1 aromatic carbocycles. The van der Waals surface area contributed by atoms with E-state index in [0.717, 1.165) is 36.2 Å². The summed E-state index contributed by atoms with van der Waals surface area (Å²) < 4.78 is 0. The Bertz CT molecular complexity index is 602. The molecular weight excluding hydrogens is 288 g/mol. The van der Waals surface area contributed by atoms with Gasteiger partial charge in [0.15, 0.2) is 0 Å². The predicted octanol–water partition coefficient (Wildman–Crippen LogP) is 3.53. The molecule has 0 radical (unpaired) electrons. The summed E-state index contributed by atoms with van der Waals surface area (Å²) in [4.78, 5) is 26.9. The van der Waals surface area contributed by atoms with Gasteiger partial charge in [0.2, 0.25) is 11.8 Å². The molecule has 1 aliphatic rings. The number of anilines is 1. The summed E-state index contributed by atoms with van der Waals surface area (Å²) in [5, 5.41) is 3.04. The minimum atomic E-state index is -0.397. The molecule has 0 aromatic heterocycles. The molecule has 0 unspecified atom stereocenters. The molecule has 0 bridgehead atoms. The maximum absolute atomic E-state index is 12.6. The van der Waals surface area contributed by atoms with Crippen molar-refractivity contribution in [3.05, 3.63) is 29.3 Å². The zero-order chi connectivity index (χ0) is 17.2. The number of nitrogens with zero attached hydrogens (tertiary/aromatic N) is 1. The van der Waals surface area contributed by atoms with Crippen molar-refractivity contribution < 1.29 is 9.59 Å². The molecule has 1 saturated heterocycles. The van der Waals surface area contributed by atoms with Gasteiger partial charge < -0.3 is 10.2 Å². The van der Waals surface area contributed by atoms with Crippen LogP contribution in [0.1, 0.15) is 44.7 Å². The Hall–Kier alpha value is -1.84. The summed E-state index contributed by atoms with van der Waals surface area (Å²) in [5.41, 5.74) is 2.73. The fraction of sp³-hybridized carbons (Fsp3) is 0.579. The number of likely N-dealkylation sites (tertiary alicyclic amines) is 1. The summed E-state index contributed by atoms with van der Waals surface area (Å²) >= 11 is 0. The van der Waals surface area contributed by atoms with Gasteiger partial charge >= 0.3 is 0 Å². The summed E-state index contributed by atoms with van der Waals surface area (Å²) in [6, 6.07) is 5.92. The first-order valence-electron chi connectivity index (χ1n) is 8.36. The molecule has 1 N–H and O–H groups in total. The SMILES string of the molecule is Cc1cccc(NC(=O)[C@H]2CCCN(C(=O)C(C)(C)C)C2)c1C. The van der Waals surface area contributed by atoms with Crippen LogP contribution in [0.15, 0.2) is 18.2 Å². The zero-order valence-electron chi connectivity index (χ0n) is 14.9. The van der Waals surface area contributed by atoms with E-state index in [1.54, 1.807) is 0 Å². The van der Waals surface area contributed by atoms with Crippen molar-refractivity contribution in [3.8, 4) is 0 Å². The lowest BCUT2D eigenvalue weighted by Gasteiger charge is -2.36. The molecule has 2 amide bonds. The van der Waals surface area contributed by atoms with Crippen molar-refractivity contribution >= 4 is 17.5 Å². The predicted molar refractivity (Wildman–Crippen MR) is 93.3 cm³/mol. The number of rotatable bonds is 2. The van der Waals surface area contributed by atoms with E-state index >= 15 is 0 Å². The van der Waals surface area contributed by atoms with Gasteiger partial charge in [-0.15, -0.1) is 0 Å². The molecule has 0 aliphatic carbocycles. The Morgan fingerprint density at radius 3 is 2.57 bits per heavy atom. The number of hydrogen-bond donors (Lipinski definition) is 1. The normalized spacial score (nSPS) is 18.7. The molecule has 1 aliphatic heterocycles. The van der Waals surface area contributed by atoms with Crippen LogP contribution >= 0.6 is 0 Å². The quantitative estimate of drug-likeness (QED) is 0.907. The summed E-state index contributed by atoms with van der Waals surface area (Å²) in [7, 11) is 0. The second-order valence-corrected chi connectivity index (χ2v) is 7.58. The highest BCUT2D eigenvalue weighted by Gasteiger charge is 2.33. The molecule has 0 spiro atoms. The van der Waals surface area contributed by atoms with Crippen LogP contribution in [0.3, 0.4) is 0 Å². The Morgan fingerprint density at radius 1 is 1.22 bits per heavy atom. The third kappa shape index (κ3) is 4.12. The van der Waals surface area contributed by atoms with Gasteiger partial charge in [0.05, 0.1) is 5.92 Å². The van der Waals surface area contributed by atoms with Crippen molar-refractivity contribution in [1.82, 2.24) is 4.90 Å². The summed E-state index contributed by atoms with van der Waals surface area (Å²) in [6.45, 7) is 11.1. The van der Waals surface area contributed by atoms with E-state index in [4.69, 9.17) is 0 Å². The van der Waals surface area contributed by atoms with Crippen molar-refractivity contribution in [1.29, 1.82) is 0 Å². The Balaban J connectivity index is 2.05. The number of aryl methyl sites for hydroxylation is 1. The van der Waals surface area contributed by atoms with E-state index in [9.17, 15) is 9.59 Å². The van der Waals surface area contributed by atoms with Crippen molar-refractivity contribution in [2.75, 3.05) is 18.4 Å². The van der Waals surface area contributed by atoms with Crippen LogP contribution in [0.2, 0.25) is 0 Å². The van der Waals surface area contributed by atoms with Gasteiger partial charge in [0, 0.05) is 24.2 Å². The smallest absolute Gasteiger partial charge is 0.229 e. The molecule has 1 atom stereocenters. The van der Waals surface area contributed by atoms with Crippen LogP contribution in [0, 0.1) is 25.2 Å². The Morgan fingerprint density at radius 2 is 1.91 bits per heavy atom. The Labute approximate surface area is 139 Å². The lowest BCUT2D eigenvalue weighted by molar-refractivity contribution is -0.142. The van der Waals surface area contributed by atoms with Gasteiger partial charge in [-0.2, -0.15) is 0 Å². The highest BCUT2D eigenvalue weighted by molar-refractivity contribution is 5.94. The van der Waals surface area contributed by atoms with Crippen LogP contribution in [-0.2, 0) is 9.59 Å². The van der Waals surface area contributed by atoms with Gasteiger partial charge in [-0.05, 0) is 43.9 Å². The number of carbonyl (C=O) groups is 2. The first-order chi connectivity index (χ1) is 10.7. The molecule has 1 heterocycles. The molecule has 4 nitrogen and oxygen atoms in total. The van der Waals surface area contributed by atoms with Crippen LogP contribution in [0.25, 0.3) is 0 Å². The van der Waals surface area contributed by atoms with Crippen LogP contribution in [0.4, 0.5) is 5.69 Å². The molecular formula is C19H28N2O2. The minimum absolute atomic E-state index is 0.0186. The zero-order valence-corrected chi connectivity index (χ0v) is 14.9. The molecule has 126 valence electrons. The topological polar surface area (TPSA) is 49.4 Å². The summed E-state index contributed by atoms with van der Waals surface area (Å²) in [5.74, 6) is 0.0156. The van der Waals surface area contributed by atoms with E-state index in [1.807, 2.05) is 57.7 Å². The highest BCUT2D eigenvalue weighted by Crippen LogP contribution is 2.25. The second-order valence-electron chi connectivity index (χ2n) is 7.58. The number of hydrogen-bond acceptors (Lipinski definition) is 2. The second kappa shape index (κ2) is 6.73. The number of amides is 2. The average Bonchev–Trinajstić information content (AvgIpc) is 2.50. The van der Waals surface area contributed by atoms with E-state index in [-0.39, 0.29) is 17.7 Å². The van der Waals surface area contributed by atoms with Gasteiger partial charge in [-0.1, -0.05) is 32.9 Å². The molecule has 0 saturated carbocycles. The maximum Gasteiger partial charge on any atom is 0.229 e. The van der Waals surface area contributed by atoms with Gasteiger partial charge in [0.1, 0.15) is 0 Å². The molecule has 4 heteroatoms. The van der Waals surface area contributed by atoms with Gasteiger partial charge in [0.25, 0.3) is 0 Å². The van der Waals surface area contributed by atoms with E-state index in [0.29, 0.717) is 6.54 Å². The lowest BCUT2D eigenvalue weighted by Crippen LogP contribution is -2.47. The monoisotopic (exact) mass is 316 g/mol. The van der Waals surface area contributed by atoms with Gasteiger partial charge in [-0.25, -0.2) is 0 Å². The van der Waals surface area contributed by atoms with E-state index in [2.05, 4.69) is 5.32 Å². The van der Waals surface area contributed by atoms with Crippen molar-refractivity contribution in [2.24, 2.45) is 11.3 Å². The minimum Gasteiger partial charge on any atom is -0.341 e. The van der Waals surface area contributed by atoms with Crippen molar-refractivity contribution in [3.63, 3.8) is 0 Å². The molecule has 1 fully saturated rings. The Kier molecular flexibility index (Phi) is 5.12. The number of nitrogens with one attached hydrogen (secondary N) is 1. The maximum atomic E-state index is 12.6. The third-order valence-electron chi connectivity index (χ3n) is 4.58. The van der Waals surface area contributed by atoms with E-state index in [1.165, 1.54) is 0 Å². The fourth-order valence-corrected chi connectivity index (χ4v) is 2.97. The molecule has 1 aromatic rings. The van der Waals surface area contributed by atoms with Crippen LogP contribution < -0.4 is 5.32 Å². The first kappa shape index (κ1) is 17.5. The van der Waals surface area contributed by atoms with Crippen LogP contribution in [0.5, 0.6) is 0 Å². The fourth-order valence-electron chi connectivity index (χ4n) is 2.97. The average molecular weight is 316 g/mol. The molecule has 2 rings (SSSR count). The standard InChI is InChI=1S/C19H28N2O2/c1-13-8-6-10-16(14(13)2)20-17(22)15-9-7-11-21(12-15)18(23)19(3,4)5/h6,8,10,15H,7,9,11-12H2,1-5H3,(H,20,22)/t15-/m0/s1. The first-order valence-corrected chi connectivity index (χ1v) is 8.36. The highest BCUT2D eigenvalue weighted by atomic mass is 16.2. The van der Waals surface area contributed by atoms with Gasteiger partial charge in [-0.3, -0.25) is 9.59 Å². The third-order valence-corrected chi connectivity index (χ3v) is 4.58. The van der Waals surface area contributed by atoms with E-state index < -0.39 is 5.41 Å². The number of piperidine rings is 1. The lowest BCUT2D eigenvalue weighted by atomic mass is 9.91.